The number of aliphatic carboxylic acids is 1. The lowest BCUT2D eigenvalue weighted by Crippen LogP contribution is -2.51. The summed E-state index contributed by atoms with van der Waals surface area (Å²) in [6.45, 7) is 6.89. The van der Waals surface area contributed by atoms with Gasteiger partial charge in [-0.1, -0.05) is 37.3 Å². The molecule has 11 nitrogen and oxygen atoms in total. The van der Waals surface area contributed by atoms with Crippen molar-refractivity contribution in [1.29, 1.82) is 0 Å². The van der Waals surface area contributed by atoms with Gasteiger partial charge < -0.3 is 25.0 Å². The van der Waals surface area contributed by atoms with Crippen molar-refractivity contribution in [3.8, 4) is 0 Å². The topological polar surface area (TPSA) is 160 Å². The first-order valence-electron chi connectivity index (χ1n) is 10.8. The number of carboxylic acid groups (broad SMARTS) is 1. The minimum absolute atomic E-state index is 0.111. The Balaban J connectivity index is 2.55. The van der Waals surface area contributed by atoms with Gasteiger partial charge in [-0.15, -0.1) is 0 Å². The molecule has 0 aliphatic heterocycles. The molecule has 12 heteroatoms. The van der Waals surface area contributed by atoms with Gasteiger partial charge >= 0.3 is 26.8 Å². The Labute approximate surface area is 200 Å². The smallest absolute Gasteiger partial charge is 0.411 e. The van der Waals surface area contributed by atoms with Crippen LogP contribution in [0.2, 0.25) is 0 Å². The standard InChI is InChI=1S/C22H33N2O9P/c1-15(13-23-19(27)31-14-16-8-6-5-7-9-16)12-17(18(25)26)10-11-22(29,33-34-30)24-20(28)32-21(2,3)4/h5-9,15,17,29H,10-14H2,1-4H3,(H,23,27)(H,24,28)(H,25,26). The maximum Gasteiger partial charge on any atom is 0.411 e. The second-order valence-corrected chi connectivity index (χ2v) is 9.27. The van der Waals surface area contributed by atoms with Gasteiger partial charge in [-0.25, -0.2) is 18.7 Å². The van der Waals surface area contributed by atoms with Crippen LogP contribution in [0.3, 0.4) is 0 Å². The van der Waals surface area contributed by atoms with Crippen LogP contribution in [-0.2, 0) is 30.0 Å². The summed E-state index contributed by atoms with van der Waals surface area (Å²) in [4.78, 5) is 35.5. The van der Waals surface area contributed by atoms with Crippen LogP contribution in [0, 0.1) is 11.8 Å². The van der Waals surface area contributed by atoms with E-state index in [1.54, 1.807) is 27.7 Å². The number of nitrogens with one attached hydrogen (secondary N) is 2. The molecule has 0 aliphatic carbocycles. The molecule has 34 heavy (non-hydrogen) atoms. The molecule has 0 spiro atoms. The number of hydrogen-bond acceptors (Lipinski definition) is 8. The van der Waals surface area contributed by atoms with Crippen LogP contribution < -0.4 is 10.6 Å². The van der Waals surface area contributed by atoms with Crippen molar-refractivity contribution < 1.29 is 43.2 Å². The summed E-state index contributed by atoms with van der Waals surface area (Å²) in [7, 11) is -0.912. The zero-order chi connectivity index (χ0) is 25.8. The van der Waals surface area contributed by atoms with Crippen LogP contribution >= 0.6 is 8.69 Å². The van der Waals surface area contributed by atoms with Gasteiger partial charge in [0.15, 0.2) is 0 Å². The number of amides is 2. The summed E-state index contributed by atoms with van der Waals surface area (Å²) < 4.78 is 25.7. The second kappa shape index (κ2) is 13.8. The van der Waals surface area contributed by atoms with E-state index in [1.165, 1.54) is 0 Å². The third-order valence-electron chi connectivity index (χ3n) is 4.56. The molecule has 2 amide bonds. The van der Waals surface area contributed by atoms with Gasteiger partial charge in [-0.05, 0) is 45.1 Å². The molecule has 0 saturated carbocycles. The Morgan fingerprint density at radius 1 is 1.12 bits per heavy atom. The molecule has 190 valence electrons. The van der Waals surface area contributed by atoms with Gasteiger partial charge in [-0.2, -0.15) is 0 Å². The summed E-state index contributed by atoms with van der Waals surface area (Å²) in [5.41, 5.74) is -0.0159. The molecular formula is C22H33N2O9P. The van der Waals surface area contributed by atoms with Gasteiger partial charge in [0.2, 0.25) is 0 Å². The van der Waals surface area contributed by atoms with E-state index in [0.717, 1.165) is 5.56 Å². The average molecular weight is 500 g/mol. The summed E-state index contributed by atoms with van der Waals surface area (Å²) in [5.74, 6) is -4.69. The van der Waals surface area contributed by atoms with Crippen LogP contribution in [0.1, 0.15) is 52.5 Å². The van der Waals surface area contributed by atoms with Crippen molar-refractivity contribution in [3.05, 3.63) is 35.9 Å². The van der Waals surface area contributed by atoms with Crippen LogP contribution in [0.4, 0.5) is 9.59 Å². The highest BCUT2D eigenvalue weighted by Crippen LogP contribution is 2.25. The minimum Gasteiger partial charge on any atom is -0.481 e. The molecule has 0 bridgehead atoms. The van der Waals surface area contributed by atoms with Crippen molar-refractivity contribution in [2.75, 3.05) is 6.54 Å². The predicted molar refractivity (Wildman–Crippen MR) is 122 cm³/mol. The van der Waals surface area contributed by atoms with Crippen molar-refractivity contribution >= 4 is 26.8 Å². The molecule has 1 aromatic rings. The summed E-state index contributed by atoms with van der Waals surface area (Å²) in [6.07, 6.45) is -1.96. The van der Waals surface area contributed by atoms with E-state index in [2.05, 4.69) is 15.2 Å². The Morgan fingerprint density at radius 3 is 2.32 bits per heavy atom. The summed E-state index contributed by atoms with van der Waals surface area (Å²) in [5, 5.41) is 24.7. The van der Waals surface area contributed by atoms with Gasteiger partial charge in [0.05, 0.1) is 5.92 Å². The number of hydrogen-bond donors (Lipinski definition) is 4. The van der Waals surface area contributed by atoms with Crippen LogP contribution in [0.25, 0.3) is 0 Å². The number of alkyl carbamates (subject to hydrolysis) is 2. The molecule has 0 aromatic heterocycles. The lowest BCUT2D eigenvalue weighted by Gasteiger charge is -2.29. The SMILES string of the molecule is CC(CNC(=O)OCc1ccccc1)CC(CCC(O)(NC(=O)OC(C)(C)C)OP=O)C(=O)O. The van der Waals surface area contributed by atoms with Crippen molar-refractivity contribution in [2.45, 2.75) is 65.1 Å². The highest BCUT2D eigenvalue weighted by molar-refractivity contribution is 7.17. The lowest BCUT2D eigenvalue weighted by atomic mass is 9.91. The van der Waals surface area contributed by atoms with Crippen LogP contribution in [0.5, 0.6) is 0 Å². The predicted octanol–water partition coefficient (Wildman–Crippen LogP) is 3.81. The number of carboxylic acids is 1. The lowest BCUT2D eigenvalue weighted by molar-refractivity contribution is -0.163. The Morgan fingerprint density at radius 2 is 1.76 bits per heavy atom. The second-order valence-electron chi connectivity index (χ2n) is 8.93. The van der Waals surface area contributed by atoms with E-state index in [-0.39, 0.29) is 38.3 Å². The minimum atomic E-state index is -2.39. The largest absolute Gasteiger partial charge is 0.481 e. The van der Waals surface area contributed by atoms with E-state index in [0.29, 0.717) is 0 Å². The monoisotopic (exact) mass is 500 g/mol. The van der Waals surface area contributed by atoms with E-state index in [4.69, 9.17) is 9.47 Å². The first kappa shape index (κ1) is 29.3. The highest BCUT2D eigenvalue weighted by atomic mass is 31.1. The average Bonchev–Trinajstić information content (AvgIpc) is 2.73. The van der Waals surface area contributed by atoms with Crippen LogP contribution in [-0.4, -0.2) is 46.4 Å². The molecule has 0 saturated heterocycles. The normalized spacial score (nSPS) is 15.0. The number of benzene rings is 1. The Bertz CT molecular complexity index is 816. The molecule has 0 fully saturated rings. The zero-order valence-corrected chi connectivity index (χ0v) is 20.7. The summed E-state index contributed by atoms with van der Waals surface area (Å²) >= 11 is 0. The van der Waals surface area contributed by atoms with Crippen LogP contribution in [0.15, 0.2) is 30.3 Å². The number of rotatable bonds is 13. The highest BCUT2D eigenvalue weighted by Gasteiger charge is 2.35. The van der Waals surface area contributed by atoms with Gasteiger partial charge in [0.25, 0.3) is 5.91 Å². The number of aliphatic hydroxyl groups is 1. The molecule has 0 aliphatic rings. The molecule has 0 heterocycles. The number of ether oxygens (including phenoxy) is 2. The number of carbonyl (C=O) groups is 3. The fourth-order valence-electron chi connectivity index (χ4n) is 2.97. The first-order chi connectivity index (χ1) is 15.8. The fourth-order valence-corrected chi connectivity index (χ4v) is 3.23. The maximum atomic E-state index is 12.0. The number of carbonyl (C=O) groups excluding carboxylic acids is 2. The van der Waals surface area contributed by atoms with E-state index < -0.39 is 44.3 Å². The van der Waals surface area contributed by atoms with Crippen molar-refractivity contribution in [1.82, 2.24) is 10.6 Å². The molecule has 0 radical (unpaired) electrons. The van der Waals surface area contributed by atoms with Gasteiger partial charge in [-0.3, -0.25) is 10.1 Å². The maximum absolute atomic E-state index is 12.0. The van der Waals surface area contributed by atoms with E-state index in [9.17, 15) is 29.2 Å². The first-order valence-corrected chi connectivity index (χ1v) is 11.5. The molecule has 3 atom stereocenters. The summed E-state index contributed by atoms with van der Waals surface area (Å²) in [6, 6.07) is 9.16. The Hall–Kier alpha value is -2.75. The van der Waals surface area contributed by atoms with E-state index in [1.807, 2.05) is 30.3 Å². The molecule has 1 aromatic carbocycles. The molecular weight excluding hydrogens is 467 g/mol. The molecule has 3 unspecified atom stereocenters. The van der Waals surface area contributed by atoms with Crippen molar-refractivity contribution in [2.24, 2.45) is 11.8 Å². The quantitative estimate of drug-likeness (QED) is 0.233. The van der Waals surface area contributed by atoms with Gasteiger partial charge in [0, 0.05) is 13.0 Å². The van der Waals surface area contributed by atoms with E-state index >= 15 is 0 Å². The molecule has 4 N–H and O–H groups in total. The third-order valence-corrected chi connectivity index (χ3v) is 4.94. The Kier molecular flexibility index (Phi) is 11.9. The zero-order valence-electron chi connectivity index (χ0n) is 19.8. The molecule has 1 rings (SSSR count). The fraction of sp³-hybridized carbons (Fsp3) is 0.591. The van der Waals surface area contributed by atoms with Gasteiger partial charge in [0.1, 0.15) is 12.2 Å². The van der Waals surface area contributed by atoms with Crippen molar-refractivity contribution in [3.63, 3.8) is 0 Å². The third kappa shape index (κ3) is 12.5.